The third-order valence-electron chi connectivity index (χ3n) is 6.31. The van der Waals surface area contributed by atoms with Gasteiger partial charge in [-0.1, -0.05) is 42.5 Å². The molecule has 4 aromatic rings. The zero-order chi connectivity index (χ0) is 21.5. The van der Waals surface area contributed by atoms with Gasteiger partial charge in [-0.15, -0.1) is 0 Å². The van der Waals surface area contributed by atoms with Gasteiger partial charge in [0.05, 0.1) is 5.69 Å². The number of aromatic nitrogens is 3. The smallest absolute Gasteiger partial charge is 0.223 e. The van der Waals surface area contributed by atoms with Gasteiger partial charge >= 0.3 is 0 Å². The van der Waals surface area contributed by atoms with Crippen LogP contribution in [0, 0.1) is 6.92 Å². The molecule has 0 bridgehead atoms. The van der Waals surface area contributed by atoms with Crippen LogP contribution < -0.4 is 10.6 Å². The van der Waals surface area contributed by atoms with E-state index in [0.29, 0.717) is 5.95 Å². The van der Waals surface area contributed by atoms with E-state index in [-0.39, 0.29) is 0 Å². The minimum atomic E-state index is 0.640. The number of aryl methyl sites for hydroxylation is 1. The van der Waals surface area contributed by atoms with Crippen LogP contribution in [-0.4, -0.2) is 21.5 Å². The fourth-order valence-corrected chi connectivity index (χ4v) is 4.67. The summed E-state index contributed by atoms with van der Waals surface area (Å²) in [6.45, 7) is 2.98. The normalized spacial score (nSPS) is 13.1. The number of nitrogens with one attached hydrogen (secondary N) is 2. The Hall–Kier alpha value is -3.99. The summed E-state index contributed by atoms with van der Waals surface area (Å²) >= 11 is 0. The standard InChI is InChI=1S/C27H23N5/c1-17-6-4-8-20-18(11-12-19(17)20)13-15-29-27-30-16-23-21-7-2-3-10-24(21)31-26-22(25(23)32-27)9-5-14-28-26/h2-11,14,16H,12-13,15H2,1H3,(H,28,31)(H,29,30,32). The van der Waals surface area contributed by atoms with Crippen molar-refractivity contribution in [2.45, 2.75) is 19.8 Å². The second-order valence-electron chi connectivity index (χ2n) is 8.24. The summed E-state index contributed by atoms with van der Waals surface area (Å²) in [5.41, 5.74) is 10.6. The molecule has 2 aliphatic rings. The van der Waals surface area contributed by atoms with E-state index in [1.165, 1.54) is 22.3 Å². The second kappa shape index (κ2) is 7.61. The van der Waals surface area contributed by atoms with E-state index >= 15 is 0 Å². The van der Waals surface area contributed by atoms with Crippen LogP contribution in [0.1, 0.15) is 23.1 Å². The van der Waals surface area contributed by atoms with E-state index in [4.69, 9.17) is 4.98 Å². The van der Waals surface area contributed by atoms with Crippen molar-refractivity contribution in [3.05, 3.63) is 89.8 Å². The molecular formula is C27H23N5. The van der Waals surface area contributed by atoms with Gasteiger partial charge in [0.15, 0.2) is 0 Å². The zero-order valence-electron chi connectivity index (χ0n) is 17.9. The lowest BCUT2D eigenvalue weighted by Crippen LogP contribution is -2.07. The van der Waals surface area contributed by atoms with Gasteiger partial charge in [-0.2, -0.15) is 0 Å². The molecule has 0 amide bonds. The van der Waals surface area contributed by atoms with Gasteiger partial charge in [0, 0.05) is 41.3 Å². The molecule has 0 atom stereocenters. The SMILES string of the molecule is Cc1cccc2c1CC=C2CCNc1ncc2c(n1)-c1cccnc1Nc1ccccc1-2. The maximum Gasteiger partial charge on any atom is 0.223 e. The molecule has 5 heteroatoms. The van der Waals surface area contributed by atoms with Crippen LogP contribution in [0.5, 0.6) is 0 Å². The lowest BCUT2D eigenvalue weighted by molar-refractivity contribution is 1.03. The molecule has 5 nitrogen and oxygen atoms in total. The fraction of sp³-hybridized carbons (Fsp3) is 0.148. The summed E-state index contributed by atoms with van der Waals surface area (Å²) < 4.78 is 0. The Bertz CT molecular complexity index is 1370. The average Bonchev–Trinajstić information content (AvgIpc) is 3.18. The predicted octanol–water partition coefficient (Wildman–Crippen LogP) is 6.01. The van der Waals surface area contributed by atoms with E-state index in [1.54, 1.807) is 6.20 Å². The largest absolute Gasteiger partial charge is 0.354 e. The molecule has 156 valence electrons. The summed E-state index contributed by atoms with van der Waals surface area (Å²) in [5.74, 6) is 1.45. The molecule has 0 saturated heterocycles. The van der Waals surface area contributed by atoms with Crippen molar-refractivity contribution in [3.8, 4) is 22.4 Å². The first-order chi connectivity index (χ1) is 15.8. The van der Waals surface area contributed by atoms with E-state index in [1.807, 2.05) is 24.4 Å². The van der Waals surface area contributed by atoms with Gasteiger partial charge in [0.1, 0.15) is 5.82 Å². The van der Waals surface area contributed by atoms with E-state index < -0.39 is 0 Å². The molecule has 0 spiro atoms. The molecule has 0 unspecified atom stereocenters. The van der Waals surface area contributed by atoms with Crippen molar-refractivity contribution in [2.75, 3.05) is 17.2 Å². The molecule has 2 aromatic heterocycles. The Morgan fingerprint density at radius 3 is 2.75 bits per heavy atom. The molecular weight excluding hydrogens is 394 g/mol. The maximum absolute atomic E-state index is 4.91. The molecule has 0 fully saturated rings. The van der Waals surface area contributed by atoms with Gasteiger partial charge in [0.25, 0.3) is 0 Å². The first-order valence-electron chi connectivity index (χ1n) is 11.0. The minimum absolute atomic E-state index is 0.640. The Balaban J connectivity index is 1.28. The molecule has 1 aliphatic heterocycles. The summed E-state index contributed by atoms with van der Waals surface area (Å²) in [6, 6.07) is 18.8. The Labute approximate surface area is 187 Å². The first kappa shape index (κ1) is 18.8. The summed E-state index contributed by atoms with van der Waals surface area (Å²) in [4.78, 5) is 14.1. The van der Waals surface area contributed by atoms with Gasteiger partial charge in [-0.25, -0.2) is 15.0 Å². The summed E-state index contributed by atoms with van der Waals surface area (Å²) in [6.07, 6.45) is 8.04. The highest BCUT2D eigenvalue weighted by atomic mass is 15.1. The highest BCUT2D eigenvalue weighted by molar-refractivity contribution is 5.95. The van der Waals surface area contributed by atoms with Crippen LogP contribution in [0.15, 0.2) is 73.1 Å². The summed E-state index contributed by atoms with van der Waals surface area (Å²) in [5, 5.41) is 6.90. The topological polar surface area (TPSA) is 62.7 Å². The fourth-order valence-electron chi connectivity index (χ4n) is 4.67. The van der Waals surface area contributed by atoms with Crippen LogP contribution in [0.3, 0.4) is 0 Å². The van der Waals surface area contributed by atoms with Crippen LogP contribution in [0.4, 0.5) is 17.5 Å². The highest BCUT2D eigenvalue weighted by Gasteiger charge is 2.22. The Morgan fingerprint density at radius 1 is 0.906 bits per heavy atom. The van der Waals surface area contributed by atoms with Crippen LogP contribution in [-0.2, 0) is 6.42 Å². The molecule has 32 heavy (non-hydrogen) atoms. The average molecular weight is 418 g/mol. The number of anilines is 3. The van der Waals surface area contributed by atoms with Crippen LogP contribution >= 0.6 is 0 Å². The van der Waals surface area contributed by atoms with Crippen LogP contribution in [0.2, 0.25) is 0 Å². The van der Waals surface area contributed by atoms with Gasteiger partial charge < -0.3 is 10.6 Å². The molecule has 2 N–H and O–H groups in total. The lowest BCUT2D eigenvalue weighted by Gasteiger charge is -2.12. The zero-order valence-corrected chi connectivity index (χ0v) is 17.9. The van der Waals surface area contributed by atoms with Gasteiger partial charge in [-0.05, 0) is 60.2 Å². The quantitative estimate of drug-likeness (QED) is 0.375. The third-order valence-corrected chi connectivity index (χ3v) is 6.31. The van der Waals surface area contributed by atoms with Crippen molar-refractivity contribution in [2.24, 2.45) is 0 Å². The molecule has 6 rings (SSSR count). The molecule has 0 radical (unpaired) electrons. The van der Waals surface area contributed by atoms with Crippen molar-refractivity contribution in [1.29, 1.82) is 0 Å². The highest BCUT2D eigenvalue weighted by Crippen LogP contribution is 2.42. The number of allylic oxidation sites excluding steroid dienone is 1. The number of para-hydroxylation sites is 1. The molecule has 2 aromatic carbocycles. The Kier molecular flexibility index (Phi) is 4.46. The van der Waals surface area contributed by atoms with E-state index in [2.05, 4.69) is 70.0 Å². The predicted molar refractivity (Wildman–Crippen MR) is 130 cm³/mol. The van der Waals surface area contributed by atoms with E-state index in [9.17, 15) is 0 Å². The molecule has 3 heterocycles. The van der Waals surface area contributed by atoms with Crippen LogP contribution in [0.25, 0.3) is 28.0 Å². The molecule has 1 aliphatic carbocycles. The minimum Gasteiger partial charge on any atom is -0.354 e. The van der Waals surface area contributed by atoms with Crippen molar-refractivity contribution < 1.29 is 0 Å². The second-order valence-corrected chi connectivity index (χ2v) is 8.24. The van der Waals surface area contributed by atoms with Gasteiger partial charge in [-0.3, -0.25) is 0 Å². The monoisotopic (exact) mass is 417 g/mol. The first-order valence-corrected chi connectivity index (χ1v) is 11.0. The van der Waals surface area contributed by atoms with Crippen molar-refractivity contribution >= 4 is 23.0 Å². The number of pyridine rings is 1. The van der Waals surface area contributed by atoms with Gasteiger partial charge in [0.2, 0.25) is 5.95 Å². The maximum atomic E-state index is 4.91. The number of hydrogen-bond acceptors (Lipinski definition) is 5. The number of rotatable bonds is 4. The number of benzene rings is 2. The third kappa shape index (κ3) is 3.14. The van der Waals surface area contributed by atoms with E-state index in [0.717, 1.165) is 53.3 Å². The summed E-state index contributed by atoms with van der Waals surface area (Å²) in [7, 11) is 0. The van der Waals surface area contributed by atoms with Crippen molar-refractivity contribution in [1.82, 2.24) is 15.0 Å². The Morgan fingerprint density at radius 2 is 1.78 bits per heavy atom. The lowest BCUT2D eigenvalue weighted by atomic mass is 10.00. The number of nitrogens with zero attached hydrogens (tertiary/aromatic N) is 3. The van der Waals surface area contributed by atoms with Crippen molar-refractivity contribution in [3.63, 3.8) is 0 Å². The number of fused-ring (bicyclic) bond motifs is 6. The molecule has 0 saturated carbocycles. The number of hydrogen-bond donors (Lipinski definition) is 2.